The third-order valence-electron chi connectivity index (χ3n) is 6.00. The van der Waals surface area contributed by atoms with Gasteiger partial charge in [0.25, 0.3) is 5.91 Å². The number of amidine groups is 1. The van der Waals surface area contributed by atoms with Crippen molar-refractivity contribution < 1.29 is 35.9 Å². The van der Waals surface area contributed by atoms with Crippen LogP contribution in [0, 0.1) is 0 Å². The summed E-state index contributed by atoms with van der Waals surface area (Å²) < 4.78 is 70.3. The predicted molar refractivity (Wildman–Crippen MR) is 143 cm³/mol. The minimum atomic E-state index is -4.62. The van der Waals surface area contributed by atoms with Gasteiger partial charge in [0.15, 0.2) is 15.0 Å². The molecule has 0 saturated carbocycles. The van der Waals surface area contributed by atoms with Crippen LogP contribution in [-0.4, -0.2) is 60.0 Å². The zero-order chi connectivity index (χ0) is 28.6. The predicted octanol–water partition coefficient (Wildman–Crippen LogP) is 4.44. The molecule has 0 bridgehead atoms. The Labute approximate surface area is 228 Å². The molecule has 1 N–H and O–H groups in total. The summed E-state index contributed by atoms with van der Waals surface area (Å²) in [4.78, 5) is 31.6. The lowest BCUT2D eigenvalue weighted by molar-refractivity contribution is -0.137. The van der Waals surface area contributed by atoms with Gasteiger partial charge in [-0.3, -0.25) is 4.79 Å². The van der Waals surface area contributed by atoms with Gasteiger partial charge in [0.1, 0.15) is 11.6 Å². The molecule has 8 nitrogen and oxygen atoms in total. The molecular weight excluding hydrogens is 555 g/mol. The highest BCUT2D eigenvalue weighted by Crippen LogP contribution is 2.42. The lowest BCUT2D eigenvalue weighted by atomic mass is 10.1. The first-order valence-electron chi connectivity index (χ1n) is 12.1. The van der Waals surface area contributed by atoms with E-state index in [9.17, 15) is 31.2 Å². The third-order valence-corrected chi connectivity index (χ3v) is 9.21. The molecule has 2 fully saturated rings. The number of alkyl carbamates (subject to hydrolysis) is 1. The fourth-order valence-electron chi connectivity index (χ4n) is 4.37. The number of nitrogens with zero attached hydrogens (tertiary/aromatic N) is 2. The molecule has 3 atom stereocenters. The number of anilines is 1. The van der Waals surface area contributed by atoms with Crippen LogP contribution >= 0.6 is 11.8 Å². The van der Waals surface area contributed by atoms with Gasteiger partial charge < -0.3 is 15.0 Å². The van der Waals surface area contributed by atoms with E-state index in [1.54, 1.807) is 51.1 Å². The van der Waals surface area contributed by atoms with Crippen LogP contribution in [0.1, 0.15) is 31.9 Å². The minimum absolute atomic E-state index is 0.0770. The van der Waals surface area contributed by atoms with Gasteiger partial charge in [-0.1, -0.05) is 48.2 Å². The number of halogens is 3. The Kier molecular flexibility index (Phi) is 8.04. The van der Waals surface area contributed by atoms with Crippen LogP contribution in [0.3, 0.4) is 0 Å². The van der Waals surface area contributed by atoms with Crippen molar-refractivity contribution in [3.05, 3.63) is 65.7 Å². The SMILES string of the molecule is CC(C)(C)OC(=O)NC(Cc1ccccc1)C(=O)N=C1SC2CS(=O)(=O)CC2N1c1cccc(C(F)(F)F)c1. The van der Waals surface area contributed by atoms with Crippen LogP contribution in [-0.2, 0) is 32.0 Å². The highest BCUT2D eigenvalue weighted by atomic mass is 32.2. The monoisotopic (exact) mass is 583 g/mol. The number of sulfone groups is 1. The molecule has 3 unspecified atom stereocenters. The molecule has 2 aliphatic heterocycles. The third kappa shape index (κ3) is 7.33. The van der Waals surface area contributed by atoms with E-state index in [0.717, 1.165) is 29.5 Å². The first kappa shape index (κ1) is 28.9. The molecule has 0 spiro atoms. The van der Waals surface area contributed by atoms with E-state index < -0.39 is 56.5 Å². The number of carbonyl (C=O) groups is 2. The number of hydrogen-bond donors (Lipinski definition) is 1. The smallest absolute Gasteiger partial charge is 0.416 e. The average Bonchev–Trinajstić information content (AvgIpc) is 3.28. The van der Waals surface area contributed by atoms with Crippen molar-refractivity contribution in [3.63, 3.8) is 0 Å². The maximum atomic E-state index is 13.5. The molecule has 0 aliphatic carbocycles. The molecule has 2 amide bonds. The van der Waals surface area contributed by atoms with Crippen molar-refractivity contribution >= 4 is 44.5 Å². The van der Waals surface area contributed by atoms with Gasteiger partial charge in [-0.25, -0.2) is 13.2 Å². The summed E-state index contributed by atoms with van der Waals surface area (Å²) in [5.74, 6) is -1.21. The molecule has 2 aromatic rings. The maximum absolute atomic E-state index is 13.5. The summed E-state index contributed by atoms with van der Waals surface area (Å²) in [7, 11) is -3.43. The highest BCUT2D eigenvalue weighted by molar-refractivity contribution is 8.16. The zero-order valence-electron chi connectivity index (χ0n) is 21.4. The zero-order valence-corrected chi connectivity index (χ0v) is 23.1. The number of ether oxygens (including phenoxy) is 1. The van der Waals surface area contributed by atoms with Crippen LogP contribution in [0.4, 0.5) is 23.7 Å². The number of amides is 2. The number of thioether (sulfide) groups is 1. The van der Waals surface area contributed by atoms with Gasteiger partial charge in [0.2, 0.25) is 0 Å². The van der Waals surface area contributed by atoms with Crippen molar-refractivity contribution in [1.29, 1.82) is 0 Å². The summed E-state index contributed by atoms with van der Waals surface area (Å²) in [6.07, 6.45) is -5.35. The summed E-state index contributed by atoms with van der Waals surface area (Å²) in [5.41, 5.74) is -0.911. The quantitative estimate of drug-likeness (QED) is 0.555. The lowest BCUT2D eigenvalue weighted by Gasteiger charge is -2.26. The Bertz CT molecular complexity index is 1380. The number of aliphatic imine (C=N–C) groups is 1. The van der Waals surface area contributed by atoms with E-state index in [2.05, 4.69) is 10.3 Å². The van der Waals surface area contributed by atoms with E-state index in [1.165, 1.54) is 17.0 Å². The van der Waals surface area contributed by atoms with Crippen LogP contribution in [0.25, 0.3) is 0 Å². The first-order chi connectivity index (χ1) is 18.1. The molecule has 2 saturated heterocycles. The highest BCUT2D eigenvalue weighted by Gasteiger charge is 2.50. The molecule has 4 rings (SSSR count). The van der Waals surface area contributed by atoms with E-state index in [4.69, 9.17) is 4.74 Å². The van der Waals surface area contributed by atoms with Gasteiger partial charge in [-0.2, -0.15) is 18.2 Å². The van der Waals surface area contributed by atoms with Crippen molar-refractivity contribution in [2.24, 2.45) is 4.99 Å². The number of alkyl halides is 3. The molecule has 0 radical (unpaired) electrons. The number of rotatable bonds is 5. The summed E-state index contributed by atoms with van der Waals surface area (Å²) in [6, 6.07) is 11.6. The molecule has 210 valence electrons. The van der Waals surface area contributed by atoms with E-state index in [0.29, 0.717) is 0 Å². The van der Waals surface area contributed by atoms with Crippen LogP contribution in [0.5, 0.6) is 0 Å². The Morgan fingerprint density at radius 2 is 1.79 bits per heavy atom. The second kappa shape index (κ2) is 10.8. The van der Waals surface area contributed by atoms with Gasteiger partial charge in [-0.15, -0.1) is 0 Å². The first-order valence-corrected chi connectivity index (χ1v) is 14.8. The van der Waals surface area contributed by atoms with Crippen LogP contribution in [0.2, 0.25) is 0 Å². The summed E-state index contributed by atoms with van der Waals surface area (Å²) >= 11 is 1.03. The Morgan fingerprint density at radius 1 is 1.10 bits per heavy atom. The Hall–Kier alpha value is -3.06. The number of carbonyl (C=O) groups excluding carboxylic acids is 2. The number of benzene rings is 2. The molecule has 2 heterocycles. The fourth-order valence-corrected chi connectivity index (χ4v) is 8.29. The largest absolute Gasteiger partial charge is 0.444 e. The normalized spacial score (nSPS) is 22.4. The Balaban J connectivity index is 1.69. The molecule has 39 heavy (non-hydrogen) atoms. The minimum Gasteiger partial charge on any atom is -0.444 e. The molecule has 2 aromatic carbocycles. The standard InChI is InChI=1S/C26H28F3N3O5S2/c1-25(2,3)37-24(34)30-19(12-16-8-5-4-6-9-16)22(33)31-23-32(20-14-39(35,36)15-21(20)38-23)18-11-7-10-17(13-18)26(27,28)29/h4-11,13,19-21H,12,14-15H2,1-3H3,(H,30,34). The average molecular weight is 584 g/mol. The van der Waals surface area contributed by atoms with E-state index >= 15 is 0 Å². The van der Waals surface area contributed by atoms with Gasteiger partial charge in [0, 0.05) is 17.4 Å². The number of nitrogens with one attached hydrogen (secondary N) is 1. The van der Waals surface area contributed by atoms with Gasteiger partial charge >= 0.3 is 12.3 Å². The van der Waals surface area contributed by atoms with E-state index in [1.807, 2.05) is 0 Å². The van der Waals surface area contributed by atoms with Crippen molar-refractivity contribution in [3.8, 4) is 0 Å². The second-order valence-electron chi connectivity index (χ2n) is 10.3. The van der Waals surface area contributed by atoms with Crippen molar-refractivity contribution in [1.82, 2.24) is 5.32 Å². The fraction of sp³-hybridized carbons (Fsp3) is 0.423. The topological polar surface area (TPSA) is 105 Å². The maximum Gasteiger partial charge on any atom is 0.416 e. The van der Waals surface area contributed by atoms with Gasteiger partial charge in [0.05, 0.1) is 23.1 Å². The van der Waals surface area contributed by atoms with Crippen LogP contribution < -0.4 is 10.2 Å². The summed E-state index contributed by atoms with van der Waals surface area (Å²) in [5, 5.41) is 2.12. The molecular formula is C26H28F3N3O5S2. The Morgan fingerprint density at radius 3 is 2.44 bits per heavy atom. The van der Waals surface area contributed by atoms with Crippen LogP contribution in [0.15, 0.2) is 59.6 Å². The van der Waals surface area contributed by atoms with Crippen molar-refractivity contribution in [2.75, 3.05) is 16.4 Å². The molecule has 13 heteroatoms. The number of hydrogen-bond acceptors (Lipinski definition) is 6. The molecule has 0 aromatic heterocycles. The van der Waals surface area contributed by atoms with Gasteiger partial charge in [-0.05, 0) is 44.5 Å². The van der Waals surface area contributed by atoms with Crippen molar-refractivity contribution in [2.45, 2.75) is 56.3 Å². The van der Waals surface area contributed by atoms with E-state index in [-0.39, 0.29) is 28.8 Å². The summed E-state index contributed by atoms with van der Waals surface area (Å²) in [6.45, 7) is 5.03. The number of fused-ring (bicyclic) bond motifs is 1. The lowest BCUT2D eigenvalue weighted by Crippen LogP contribution is -2.45. The second-order valence-corrected chi connectivity index (χ2v) is 13.7. The molecule has 2 aliphatic rings.